The molecular weight excluding hydrogens is 329 g/mol. The van der Waals surface area contributed by atoms with Gasteiger partial charge in [-0.3, -0.25) is 0 Å². The molecule has 122 valence electrons. The molecule has 0 spiro atoms. The van der Waals surface area contributed by atoms with E-state index < -0.39 is 21.9 Å². The van der Waals surface area contributed by atoms with E-state index in [1.807, 2.05) is 6.07 Å². The fourth-order valence-electron chi connectivity index (χ4n) is 1.90. The molecule has 1 atom stereocenters. The molecule has 0 aromatic heterocycles. The molecule has 1 aromatic carbocycles. The molecule has 22 heavy (non-hydrogen) atoms. The van der Waals surface area contributed by atoms with E-state index in [0.717, 1.165) is 10.4 Å². The van der Waals surface area contributed by atoms with Gasteiger partial charge in [0.15, 0.2) is 0 Å². The molecule has 8 heteroatoms. The minimum atomic E-state index is -3.72. The fraction of sp³-hybridized carbons (Fsp3) is 0.500. The third-order valence-electron chi connectivity index (χ3n) is 3.18. The molecule has 0 heterocycles. The normalized spacial score (nSPS) is 13.4. The van der Waals surface area contributed by atoms with Crippen LogP contribution in [0, 0.1) is 23.1 Å². The second-order valence-electron chi connectivity index (χ2n) is 4.98. The van der Waals surface area contributed by atoms with Crippen LogP contribution in [0.1, 0.15) is 19.4 Å². The standard InChI is InChI=1S/C14H19ClFN3O2S/c1-4-19(9-11(2)8-17)22(20,21)18(3)10-12-5-6-13(16)7-14(12)15/h5-7,11H,4,9-10H2,1-3H3. The highest BCUT2D eigenvalue weighted by Gasteiger charge is 2.27. The SMILES string of the molecule is CCN(CC(C)C#N)S(=O)(=O)N(C)Cc1ccc(F)cc1Cl. The molecule has 0 radical (unpaired) electrons. The Balaban J connectivity index is 2.94. The van der Waals surface area contributed by atoms with Crippen LogP contribution in [0.4, 0.5) is 4.39 Å². The second kappa shape index (κ2) is 7.88. The van der Waals surface area contributed by atoms with E-state index in [9.17, 15) is 12.8 Å². The molecule has 1 unspecified atom stereocenters. The third-order valence-corrected chi connectivity index (χ3v) is 5.51. The van der Waals surface area contributed by atoms with Crippen molar-refractivity contribution in [1.82, 2.24) is 8.61 Å². The third kappa shape index (κ3) is 4.65. The summed E-state index contributed by atoms with van der Waals surface area (Å²) in [6, 6.07) is 5.85. The number of rotatable bonds is 7. The number of halogens is 2. The van der Waals surface area contributed by atoms with Gasteiger partial charge in [-0.05, 0) is 24.6 Å². The van der Waals surface area contributed by atoms with Crippen molar-refractivity contribution >= 4 is 21.8 Å². The lowest BCUT2D eigenvalue weighted by Crippen LogP contribution is -2.43. The Bertz CT molecular complexity index is 661. The number of hydrogen-bond donors (Lipinski definition) is 0. The van der Waals surface area contributed by atoms with Gasteiger partial charge in [0, 0.05) is 31.7 Å². The van der Waals surface area contributed by atoms with Crippen LogP contribution in [0.25, 0.3) is 0 Å². The van der Waals surface area contributed by atoms with Crippen LogP contribution in [-0.4, -0.2) is 37.2 Å². The lowest BCUT2D eigenvalue weighted by Gasteiger charge is -2.27. The molecule has 0 saturated heterocycles. The van der Waals surface area contributed by atoms with E-state index in [1.165, 1.54) is 23.5 Å². The summed E-state index contributed by atoms with van der Waals surface area (Å²) in [7, 11) is -2.29. The predicted octanol–water partition coefficient (Wildman–Crippen LogP) is 2.64. The van der Waals surface area contributed by atoms with Gasteiger partial charge in [0.2, 0.25) is 0 Å². The summed E-state index contributed by atoms with van der Waals surface area (Å²) in [6.45, 7) is 3.78. The van der Waals surface area contributed by atoms with Crippen molar-refractivity contribution in [2.45, 2.75) is 20.4 Å². The van der Waals surface area contributed by atoms with Gasteiger partial charge in [0.05, 0.1) is 12.0 Å². The van der Waals surface area contributed by atoms with Crippen molar-refractivity contribution in [3.8, 4) is 6.07 Å². The molecule has 1 aromatic rings. The molecule has 0 amide bonds. The van der Waals surface area contributed by atoms with Gasteiger partial charge in [-0.1, -0.05) is 24.6 Å². The van der Waals surface area contributed by atoms with Gasteiger partial charge in [0.1, 0.15) is 5.82 Å². The van der Waals surface area contributed by atoms with E-state index in [4.69, 9.17) is 16.9 Å². The maximum absolute atomic E-state index is 13.0. The predicted molar refractivity (Wildman–Crippen MR) is 83.8 cm³/mol. The maximum Gasteiger partial charge on any atom is 0.282 e. The Morgan fingerprint density at radius 3 is 2.59 bits per heavy atom. The summed E-state index contributed by atoms with van der Waals surface area (Å²) < 4.78 is 40.4. The Morgan fingerprint density at radius 1 is 1.45 bits per heavy atom. The summed E-state index contributed by atoms with van der Waals surface area (Å²) >= 11 is 5.93. The summed E-state index contributed by atoms with van der Waals surface area (Å²) in [5.41, 5.74) is 0.513. The van der Waals surface area contributed by atoms with Crippen LogP contribution < -0.4 is 0 Å². The fourth-order valence-corrected chi connectivity index (χ4v) is 3.56. The Morgan fingerprint density at radius 2 is 2.09 bits per heavy atom. The Hall–Kier alpha value is -1.20. The van der Waals surface area contributed by atoms with E-state index >= 15 is 0 Å². The van der Waals surface area contributed by atoms with Gasteiger partial charge in [0.25, 0.3) is 10.2 Å². The molecule has 1 rings (SSSR count). The number of nitriles is 1. The van der Waals surface area contributed by atoms with Crippen molar-refractivity contribution in [1.29, 1.82) is 5.26 Å². The van der Waals surface area contributed by atoms with E-state index in [1.54, 1.807) is 13.8 Å². The lowest BCUT2D eigenvalue weighted by atomic mass is 10.2. The Kier molecular flexibility index (Phi) is 6.75. The van der Waals surface area contributed by atoms with Crippen molar-refractivity contribution in [2.24, 2.45) is 5.92 Å². The zero-order chi connectivity index (χ0) is 16.9. The van der Waals surface area contributed by atoms with Crippen molar-refractivity contribution < 1.29 is 12.8 Å². The molecule has 0 aliphatic rings. The first-order chi connectivity index (χ1) is 10.2. The van der Waals surface area contributed by atoms with Crippen molar-refractivity contribution in [3.05, 3.63) is 34.6 Å². The smallest absolute Gasteiger partial charge is 0.207 e. The largest absolute Gasteiger partial charge is 0.282 e. The molecule has 0 aliphatic heterocycles. The zero-order valence-corrected chi connectivity index (χ0v) is 14.3. The highest BCUT2D eigenvalue weighted by molar-refractivity contribution is 7.86. The van der Waals surface area contributed by atoms with Gasteiger partial charge in [-0.15, -0.1) is 0 Å². The topological polar surface area (TPSA) is 64.4 Å². The minimum Gasteiger partial charge on any atom is -0.207 e. The minimum absolute atomic E-state index is 0.0267. The second-order valence-corrected chi connectivity index (χ2v) is 7.42. The summed E-state index contributed by atoms with van der Waals surface area (Å²) in [4.78, 5) is 0. The highest BCUT2D eigenvalue weighted by Crippen LogP contribution is 2.20. The van der Waals surface area contributed by atoms with Crippen LogP contribution >= 0.6 is 11.6 Å². The van der Waals surface area contributed by atoms with Crippen LogP contribution in [0.2, 0.25) is 5.02 Å². The van der Waals surface area contributed by atoms with Crippen LogP contribution in [0.5, 0.6) is 0 Å². The average Bonchev–Trinajstić information content (AvgIpc) is 2.46. The number of hydrogen-bond acceptors (Lipinski definition) is 3. The van der Waals surface area contributed by atoms with Gasteiger partial charge < -0.3 is 0 Å². The number of benzene rings is 1. The van der Waals surface area contributed by atoms with E-state index in [2.05, 4.69) is 0 Å². The molecular formula is C14H19ClFN3O2S. The molecule has 0 fully saturated rings. The van der Waals surface area contributed by atoms with Crippen LogP contribution in [-0.2, 0) is 16.8 Å². The molecule has 0 bridgehead atoms. The zero-order valence-electron chi connectivity index (χ0n) is 12.8. The monoisotopic (exact) mass is 347 g/mol. The first-order valence-electron chi connectivity index (χ1n) is 6.77. The number of nitrogens with zero attached hydrogens (tertiary/aromatic N) is 3. The summed E-state index contributed by atoms with van der Waals surface area (Å²) in [5, 5.41) is 9.02. The summed E-state index contributed by atoms with van der Waals surface area (Å²) in [6.07, 6.45) is 0. The molecule has 0 aliphatic carbocycles. The average molecular weight is 348 g/mol. The van der Waals surface area contributed by atoms with Gasteiger partial charge >= 0.3 is 0 Å². The molecule has 0 saturated carbocycles. The van der Waals surface area contributed by atoms with E-state index in [0.29, 0.717) is 5.56 Å². The highest BCUT2D eigenvalue weighted by atomic mass is 35.5. The molecule has 0 N–H and O–H groups in total. The van der Waals surface area contributed by atoms with Crippen molar-refractivity contribution in [2.75, 3.05) is 20.1 Å². The Labute approximate surface area is 136 Å². The lowest BCUT2D eigenvalue weighted by molar-refractivity contribution is 0.350. The first-order valence-corrected chi connectivity index (χ1v) is 8.54. The summed E-state index contributed by atoms with van der Waals surface area (Å²) in [5.74, 6) is -0.880. The van der Waals surface area contributed by atoms with Gasteiger partial charge in [-0.25, -0.2) is 4.39 Å². The van der Waals surface area contributed by atoms with E-state index in [-0.39, 0.29) is 24.7 Å². The quantitative estimate of drug-likeness (QED) is 0.761. The molecule has 5 nitrogen and oxygen atoms in total. The van der Waals surface area contributed by atoms with Crippen LogP contribution in [0.15, 0.2) is 18.2 Å². The van der Waals surface area contributed by atoms with Crippen LogP contribution in [0.3, 0.4) is 0 Å². The maximum atomic E-state index is 13.0. The first kappa shape index (κ1) is 18.8. The van der Waals surface area contributed by atoms with Crippen molar-refractivity contribution in [3.63, 3.8) is 0 Å². The van der Waals surface area contributed by atoms with Gasteiger partial charge in [-0.2, -0.15) is 22.3 Å².